The second-order valence-corrected chi connectivity index (χ2v) is 22.9. The highest BCUT2D eigenvalue weighted by molar-refractivity contribution is 6.24. The van der Waals surface area contributed by atoms with Gasteiger partial charge in [-0.3, -0.25) is 0 Å². The number of furan rings is 3. The van der Waals surface area contributed by atoms with Gasteiger partial charge in [-0.2, -0.15) is 0 Å². The molecule has 0 radical (unpaired) electrons. The van der Waals surface area contributed by atoms with Crippen LogP contribution in [0.2, 0.25) is 0 Å². The molecule has 0 saturated carbocycles. The molecule has 91 heavy (non-hydrogen) atoms. The molecule has 0 saturated heterocycles. The van der Waals surface area contributed by atoms with Crippen LogP contribution >= 0.6 is 0 Å². The Morgan fingerprint density at radius 3 is 1.04 bits per heavy atom. The molecule has 0 spiro atoms. The zero-order valence-electron chi connectivity index (χ0n) is 58.6. The summed E-state index contributed by atoms with van der Waals surface area (Å²) in [6, 6.07) is 87.1. The van der Waals surface area contributed by atoms with Gasteiger partial charge in [0.05, 0.1) is 13.7 Å². The van der Waals surface area contributed by atoms with E-state index < -0.39 is 12.1 Å². The minimum atomic E-state index is -0.409. The van der Waals surface area contributed by atoms with Gasteiger partial charge in [0, 0.05) is 37.9 Å². The lowest BCUT2D eigenvalue weighted by Crippen LogP contribution is -1.92. The number of hydrogen-bond donors (Lipinski definition) is 0. The predicted molar refractivity (Wildman–Crippen MR) is 383 cm³/mol. The Hall–Kier alpha value is -12.0. The molecule has 424 valence electrons. The van der Waals surface area contributed by atoms with Gasteiger partial charge >= 0.3 is 0 Å². The van der Waals surface area contributed by atoms with E-state index in [4.69, 9.17) is 27.0 Å². The van der Waals surface area contributed by atoms with E-state index in [0.717, 1.165) is 165 Å². The van der Waals surface area contributed by atoms with Crippen LogP contribution in [0.15, 0.2) is 341 Å². The normalized spacial score (nSPS) is 13.3. The smallest absolute Gasteiger partial charge is 0.136 e. The summed E-state index contributed by atoms with van der Waals surface area (Å²) < 4.78 is 104. The Morgan fingerprint density at radius 2 is 0.527 bits per heavy atom. The van der Waals surface area contributed by atoms with Crippen LogP contribution in [0.3, 0.4) is 0 Å². The number of benzene rings is 16. The lowest BCUT2D eigenvalue weighted by molar-refractivity contribution is 0.668. The van der Waals surface area contributed by atoms with Crippen molar-refractivity contribution in [3.8, 4) is 77.9 Å². The summed E-state index contributed by atoms with van der Waals surface area (Å²) in [6.07, 6.45) is 0. The molecule has 0 unspecified atom stereocenters. The number of rotatable bonds is 7. The first-order valence-electron chi connectivity index (χ1n) is 35.3. The maximum absolute atomic E-state index is 8.95. The van der Waals surface area contributed by atoms with Crippen LogP contribution in [-0.4, -0.2) is 0 Å². The molecule has 3 heteroatoms. The molecular weight excluding hydrogens is 1100 g/mol. The summed E-state index contributed by atoms with van der Waals surface area (Å²) in [5.41, 5.74) is 17.0. The first-order valence-corrected chi connectivity index (χ1v) is 30.3. The van der Waals surface area contributed by atoms with Gasteiger partial charge < -0.3 is 13.3 Å². The van der Waals surface area contributed by atoms with Gasteiger partial charge in [-0.25, -0.2) is 0 Å². The molecule has 0 aliphatic rings. The van der Waals surface area contributed by atoms with Crippen molar-refractivity contribution in [1.29, 1.82) is 0 Å². The molecule has 0 bridgehead atoms. The van der Waals surface area contributed by atoms with E-state index in [-0.39, 0.29) is 59.5 Å². The molecular formula is C88H54O3. The average Bonchev–Trinajstić information content (AvgIpc) is 1.35. The minimum absolute atomic E-state index is 0.193. The lowest BCUT2D eigenvalue weighted by Gasteiger charge is -2.19. The van der Waals surface area contributed by atoms with Gasteiger partial charge in [0.25, 0.3) is 0 Å². The maximum Gasteiger partial charge on any atom is 0.136 e. The van der Waals surface area contributed by atoms with Crippen molar-refractivity contribution in [1.82, 2.24) is 0 Å². The van der Waals surface area contributed by atoms with Crippen LogP contribution in [0.1, 0.15) is 13.7 Å². The van der Waals surface area contributed by atoms with Crippen molar-refractivity contribution in [2.24, 2.45) is 0 Å². The van der Waals surface area contributed by atoms with Gasteiger partial charge in [0.1, 0.15) is 33.5 Å². The van der Waals surface area contributed by atoms with Crippen LogP contribution in [0.5, 0.6) is 0 Å². The average molecular weight is 1170 g/mol. The van der Waals surface area contributed by atoms with Crippen molar-refractivity contribution >= 4 is 109 Å². The van der Waals surface area contributed by atoms with Gasteiger partial charge in [-0.1, -0.05) is 267 Å². The quantitative estimate of drug-likeness (QED) is 0.149. The second-order valence-electron chi connectivity index (χ2n) is 22.9. The lowest BCUT2D eigenvalue weighted by atomic mass is 9.84. The van der Waals surface area contributed by atoms with E-state index in [1.165, 1.54) is 0 Å². The van der Waals surface area contributed by atoms with E-state index in [1.807, 2.05) is 146 Å². The first-order chi connectivity index (χ1) is 49.3. The van der Waals surface area contributed by atoms with E-state index in [0.29, 0.717) is 11.1 Å². The fourth-order valence-electron chi connectivity index (χ4n) is 14.0. The summed E-state index contributed by atoms with van der Waals surface area (Å²) >= 11 is 0. The highest BCUT2D eigenvalue weighted by atomic mass is 16.3. The predicted octanol–water partition coefficient (Wildman–Crippen LogP) is 25.4. The Balaban J connectivity index is 0.000000150. The van der Waals surface area contributed by atoms with Crippen LogP contribution in [0.4, 0.5) is 0 Å². The monoisotopic (exact) mass is 1170 g/mol. The van der Waals surface area contributed by atoms with E-state index in [9.17, 15) is 0 Å². The van der Waals surface area contributed by atoms with E-state index in [1.54, 1.807) is 0 Å². The Bertz CT molecular complexity index is 6570. The van der Waals surface area contributed by atoms with Crippen molar-refractivity contribution in [3.05, 3.63) is 327 Å². The Labute approximate surface area is 538 Å². The van der Waals surface area contributed by atoms with Crippen molar-refractivity contribution in [2.45, 2.75) is 0 Å². The number of para-hydroxylation sites is 3. The Kier molecular flexibility index (Phi) is 10.0. The minimum Gasteiger partial charge on any atom is -0.456 e. The largest absolute Gasteiger partial charge is 0.456 e. The zero-order valence-corrected chi connectivity index (χ0v) is 48.6. The standard InChI is InChI=1S/C50H30O2.C38H24O/c1-2-13-31(14-3-1)47-38-18-4-6-20-40(38)48(41-21-7-5-19-39(41)47)33-15-12-16-34(29-33)49-35(27-28-45-50(49)42-22-9-11-24-44(42)51-45)32-25-26-37-36-17-8-10-23-43(36)52-46(37)30-32;1-2-11-25(12-3-1)37-30-16-4-6-18-32(30)38(33-19-7-5-17-31(33)37)28-14-10-13-26(23-28)27-21-22-36-34(24-27)29-15-8-9-20-35(29)39-36/h1-30H;1-24H/i1D,2D,3D,13D,14D;1D,2D,3D,11D,12D. The summed E-state index contributed by atoms with van der Waals surface area (Å²) in [7, 11) is 0. The molecule has 0 aliphatic heterocycles. The maximum atomic E-state index is 8.95. The van der Waals surface area contributed by atoms with Crippen LogP contribution < -0.4 is 0 Å². The topological polar surface area (TPSA) is 39.4 Å². The fourth-order valence-corrected chi connectivity index (χ4v) is 14.0. The van der Waals surface area contributed by atoms with Crippen molar-refractivity contribution in [2.75, 3.05) is 0 Å². The molecule has 19 aromatic rings. The van der Waals surface area contributed by atoms with Gasteiger partial charge in [-0.15, -0.1) is 0 Å². The van der Waals surface area contributed by atoms with Crippen LogP contribution in [0, 0.1) is 0 Å². The number of hydrogen-bond acceptors (Lipinski definition) is 3. The molecule has 0 N–H and O–H groups in total. The summed E-state index contributed by atoms with van der Waals surface area (Å²) in [5, 5.41) is 13.3. The molecule has 0 fully saturated rings. The van der Waals surface area contributed by atoms with Gasteiger partial charge in [0.2, 0.25) is 0 Å². The van der Waals surface area contributed by atoms with E-state index >= 15 is 0 Å². The zero-order chi connectivity index (χ0) is 68.6. The fraction of sp³-hybridized carbons (Fsp3) is 0. The molecule has 0 amide bonds. The van der Waals surface area contributed by atoms with Gasteiger partial charge in [0.15, 0.2) is 0 Å². The highest BCUT2D eigenvalue weighted by Crippen LogP contribution is 2.49. The second kappa shape index (κ2) is 21.4. The molecule has 3 aromatic heterocycles. The first kappa shape index (κ1) is 42.7. The highest BCUT2D eigenvalue weighted by Gasteiger charge is 2.23. The molecule has 3 heterocycles. The molecule has 0 aliphatic carbocycles. The van der Waals surface area contributed by atoms with Crippen molar-refractivity contribution in [3.63, 3.8) is 0 Å². The summed E-state index contributed by atoms with van der Waals surface area (Å²) in [4.78, 5) is 0. The van der Waals surface area contributed by atoms with Crippen LogP contribution in [0.25, 0.3) is 187 Å². The SMILES string of the molecule is [2H]c1c([2H])c([2H])c(-c2c3ccccc3c(-c3cccc(-c4c(-c5ccc6c(c5)oc5ccccc56)ccc5oc6ccccc6c45)c3)c3ccccc23)c([2H])c1[2H].[2H]c1c([2H])c([2H])c(-c2c3ccccc3c(-c3cccc(-c4ccc5oc6ccccc6c5c4)c3)c3ccccc23)c([2H])c1[2H]. The molecule has 0 atom stereocenters. The number of fused-ring (bicyclic) bond motifs is 13. The van der Waals surface area contributed by atoms with Crippen molar-refractivity contribution < 1.29 is 27.0 Å². The van der Waals surface area contributed by atoms with Crippen LogP contribution in [-0.2, 0) is 0 Å². The third-order valence-electron chi connectivity index (χ3n) is 17.9. The van der Waals surface area contributed by atoms with Gasteiger partial charge in [-0.05, 0) is 176 Å². The molecule has 16 aromatic carbocycles. The third kappa shape index (κ3) is 8.66. The summed E-state index contributed by atoms with van der Waals surface area (Å²) in [5.74, 6) is 0. The Morgan fingerprint density at radius 1 is 0.187 bits per heavy atom. The molecule has 19 rings (SSSR count). The molecule has 3 nitrogen and oxygen atoms in total. The van der Waals surface area contributed by atoms with E-state index in [2.05, 4.69) is 121 Å². The summed E-state index contributed by atoms with van der Waals surface area (Å²) in [6.45, 7) is 0. The third-order valence-corrected chi connectivity index (χ3v) is 17.9.